The molecule has 0 amide bonds. The summed E-state index contributed by atoms with van der Waals surface area (Å²) < 4.78 is 66.3. The van der Waals surface area contributed by atoms with Gasteiger partial charge in [0.2, 0.25) is 0 Å². The molecular weight excluding hydrogens is 460 g/mol. The maximum absolute atomic E-state index is 9.34. The Morgan fingerprint density at radius 2 is 1.11 bits per heavy atom. The van der Waals surface area contributed by atoms with Crippen LogP contribution in [0, 0.1) is 0 Å². The lowest BCUT2D eigenvalue weighted by atomic mass is 10.1. The monoisotopic (exact) mass is 491 g/mol. The van der Waals surface area contributed by atoms with Crippen LogP contribution >= 0.6 is 0 Å². The Morgan fingerprint density at radius 3 is 1.89 bits per heavy atom. The van der Waals surface area contributed by atoms with Gasteiger partial charge in [0.25, 0.3) is 0 Å². The van der Waals surface area contributed by atoms with Gasteiger partial charge in [-0.3, -0.25) is 0 Å². The van der Waals surface area contributed by atoms with E-state index in [1.54, 1.807) is 4.57 Å². The number of fused-ring (bicyclic) bond motifs is 6. The molecule has 2 heteroatoms. The molecule has 6 aromatic carbocycles. The van der Waals surface area contributed by atoms with Gasteiger partial charge < -0.3 is 9.13 Å². The average molecular weight is 492 g/mol. The molecule has 0 aliphatic carbocycles. The smallest absolute Gasteiger partial charge is 0.0782 e. The number of nitrogens with zero attached hydrogens (tertiary/aromatic N) is 2. The fourth-order valence-electron chi connectivity index (χ4n) is 5.59. The van der Waals surface area contributed by atoms with Crippen LogP contribution in [-0.4, -0.2) is 9.13 Å². The van der Waals surface area contributed by atoms with E-state index >= 15 is 0 Å². The zero-order chi connectivity index (χ0) is 31.1. The normalized spacial score (nSPS) is 14.3. The van der Waals surface area contributed by atoms with Crippen molar-refractivity contribution in [2.24, 2.45) is 0 Å². The second-order valence-corrected chi connectivity index (χ2v) is 9.29. The summed E-state index contributed by atoms with van der Waals surface area (Å²) in [5, 5.41) is 2.28. The summed E-state index contributed by atoms with van der Waals surface area (Å²) in [6, 6.07) is 31.1. The van der Waals surface area contributed by atoms with Crippen molar-refractivity contribution in [3.05, 3.63) is 145 Å². The van der Waals surface area contributed by atoms with Gasteiger partial charge in [0, 0.05) is 27.2 Å². The van der Waals surface area contributed by atoms with E-state index in [4.69, 9.17) is 8.22 Å². The van der Waals surface area contributed by atoms with Gasteiger partial charge in [-0.2, -0.15) is 0 Å². The van der Waals surface area contributed by atoms with Crippen LogP contribution in [0.4, 0.5) is 0 Å². The van der Waals surface area contributed by atoms with E-state index in [1.807, 2.05) is 108 Å². The lowest BCUT2D eigenvalue weighted by molar-refractivity contribution is 1.13. The minimum Gasteiger partial charge on any atom is -0.307 e. The summed E-state index contributed by atoms with van der Waals surface area (Å²) in [4.78, 5) is 0. The standard InChI is InChI=1S/C36H24N2/c1-2-12-25(13-3-1)26-14-10-15-27(24-26)37-32-20-7-6-18-30(32)31-19-11-23-35(36(31)37)38-33-21-8-4-16-28(33)29-17-5-9-22-34(29)38/h1-24H/i6D,7D,11D,18D,19D,20D,23D. The van der Waals surface area contributed by atoms with Crippen LogP contribution in [0.1, 0.15) is 9.60 Å². The molecule has 0 saturated heterocycles. The molecule has 0 fully saturated rings. The van der Waals surface area contributed by atoms with Crippen LogP contribution in [-0.2, 0) is 0 Å². The summed E-state index contributed by atoms with van der Waals surface area (Å²) in [6.07, 6.45) is 0. The molecule has 8 rings (SSSR count). The van der Waals surface area contributed by atoms with E-state index in [-0.39, 0.29) is 46.5 Å². The molecule has 0 saturated carbocycles. The van der Waals surface area contributed by atoms with Crippen LogP contribution in [0.2, 0.25) is 0 Å². The number of hydrogen-bond donors (Lipinski definition) is 0. The third kappa shape index (κ3) is 3.01. The van der Waals surface area contributed by atoms with Gasteiger partial charge in [0.05, 0.1) is 37.3 Å². The fraction of sp³-hybridized carbons (Fsp3) is 0. The molecule has 0 unspecified atom stereocenters. The quantitative estimate of drug-likeness (QED) is 0.233. The van der Waals surface area contributed by atoms with E-state index in [0.29, 0.717) is 16.9 Å². The topological polar surface area (TPSA) is 9.86 Å². The predicted molar refractivity (Wildman–Crippen MR) is 161 cm³/mol. The molecule has 0 bridgehead atoms. The van der Waals surface area contributed by atoms with Gasteiger partial charge in [-0.25, -0.2) is 0 Å². The van der Waals surface area contributed by atoms with Gasteiger partial charge in [0.1, 0.15) is 0 Å². The number of rotatable bonds is 3. The molecular formula is C36H24N2. The molecule has 0 atom stereocenters. The zero-order valence-corrected chi connectivity index (χ0v) is 20.2. The van der Waals surface area contributed by atoms with Crippen LogP contribution in [0.25, 0.3) is 66.1 Å². The van der Waals surface area contributed by atoms with Crippen LogP contribution in [0.15, 0.2) is 145 Å². The lowest BCUT2D eigenvalue weighted by Crippen LogP contribution is -2.00. The third-order valence-corrected chi connectivity index (χ3v) is 7.21. The van der Waals surface area contributed by atoms with Crippen molar-refractivity contribution >= 4 is 43.6 Å². The Balaban J connectivity index is 1.66. The first kappa shape index (κ1) is 15.2. The molecule has 178 valence electrons. The fourth-order valence-corrected chi connectivity index (χ4v) is 5.59. The highest BCUT2D eigenvalue weighted by atomic mass is 15.1. The van der Waals surface area contributed by atoms with Crippen molar-refractivity contribution in [3.63, 3.8) is 0 Å². The second-order valence-electron chi connectivity index (χ2n) is 9.29. The van der Waals surface area contributed by atoms with Crippen molar-refractivity contribution in [1.82, 2.24) is 9.13 Å². The highest BCUT2D eigenvalue weighted by Gasteiger charge is 2.19. The van der Waals surface area contributed by atoms with E-state index < -0.39 is 12.1 Å². The number of para-hydroxylation sites is 4. The number of hydrogen-bond acceptors (Lipinski definition) is 0. The van der Waals surface area contributed by atoms with Crippen molar-refractivity contribution in [2.45, 2.75) is 0 Å². The van der Waals surface area contributed by atoms with Crippen molar-refractivity contribution < 1.29 is 9.60 Å². The van der Waals surface area contributed by atoms with Crippen molar-refractivity contribution in [3.8, 4) is 22.5 Å². The Bertz CT molecular complexity index is 2460. The average Bonchev–Trinajstić information content (AvgIpc) is 3.60. The Labute approximate surface area is 230 Å². The molecule has 2 nitrogen and oxygen atoms in total. The lowest BCUT2D eigenvalue weighted by Gasteiger charge is -2.15. The largest absolute Gasteiger partial charge is 0.307 e. The van der Waals surface area contributed by atoms with Crippen molar-refractivity contribution in [1.29, 1.82) is 0 Å². The number of aromatic nitrogens is 2. The molecule has 0 aliphatic heterocycles. The summed E-state index contributed by atoms with van der Waals surface area (Å²) in [5.74, 6) is 0. The van der Waals surface area contributed by atoms with Crippen LogP contribution < -0.4 is 0 Å². The molecule has 0 radical (unpaired) electrons. The van der Waals surface area contributed by atoms with E-state index in [2.05, 4.69) is 0 Å². The third-order valence-electron chi connectivity index (χ3n) is 7.21. The second kappa shape index (κ2) is 8.22. The zero-order valence-electron chi connectivity index (χ0n) is 27.2. The van der Waals surface area contributed by atoms with Gasteiger partial charge >= 0.3 is 0 Å². The Morgan fingerprint density at radius 1 is 0.447 bits per heavy atom. The van der Waals surface area contributed by atoms with Gasteiger partial charge in [-0.15, -0.1) is 0 Å². The first-order valence-electron chi connectivity index (χ1n) is 16.0. The van der Waals surface area contributed by atoms with Crippen LogP contribution in [0.3, 0.4) is 0 Å². The maximum atomic E-state index is 9.34. The number of benzene rings is 6. The maximum Gasteiger partial charge on any atom is 0.0782 e. The minimum atomic E-state index is -0.413. The van der Waals surface area contributed by atoms with Gasteiger partial charge in [0.15, 0.2) is 0 Å². The SMILES string of the molecule is [2H]c1c([2H])c([2H])c2c(c1[2H])c1c([2H])c([2H])c([2H])c(-n3c4ccccc4c4ccccc43)c1n2-c1cccc(-c2ccccc2)c1. The highest BCUT2D eigenvalue weighted by molar-refractivity contribution is 6.15. The van der Waals surface area contributed by atoms with Gasteiger partial charge in [-0.1, -0.05) is 109 Å². The molecule has 38 heavy (non-hydrogen) atoms. The Hall–Kier alpha value is -5.08. The van der Waals surface area contributed by atoms with E-state index in [0.717, 1.165) is 32.9 Å². The van der Waals surface area contributed by atoms with E-state index in [1.165, 1.54) is 0 Å². The van der Waals surface area contributed by atoms with Crippen molar-refractivity contribution in [2.75, 3.05) is 0 Å². The molecule has 8 aromatic rings. The summed E-state index contributed by atoms with van der Waals surface area (Å²) >= 11 is 0. The van der Waals surface area contributed by atoms with Gasteiger partial charge in [-0.05, 0) is 47.5 Å². The summed E-state index contributed by atoms with van der Waals surface area (Å²) in [5.41, 5.74) is 5.00. The van der Waals surface area contributed by atoms with Crippen LogP contribution in [0.5, 0.6) is 0 Å². The molecule has 2 aromatic heterocycles. The highest BCUT2D eigenvalue weighted by Crippen LogP contribution is 2.39. The molecule has 2 heterocycles. The molecule has 0 spiro atoms. The predicted octanol–water partition coefficient (Wildman–Crippen LogP) is 9.55. The minimum absolute atomic E-state index is 0.154. The molecule has 0 N–H and O–H groups in total. The summed E-state index contributed by atoms with van der Waals surface area (Å²) in [6.45, 7) is 0. The molecule has 0 aliphatic rings. The Kier molecular flexibility index (Phi) is 3.30. The first-order valence-corrected chi connectivity index (χ1v) is 12.5. The summed E-state index contributed by atoms with van der Waals surface area (Å²) in [7, 11) is 0. The first-order chi connectivity index (χ1) is 21.8. The van der Waals surface area contributed by atoms with E-state index in [9.17, 15) is 1.37 Å².